The van der Waals surface area contributed by atoms with Gasteiger partial charge in [0, 0.05) is 28.6 Å². The van der Waals surface area contributed by atoms with E-state index in [0.29, 0.717) is 16.5 Å². The maximum atomic E-state index is 14.7. The van der Waals surface area contributed by atoms with Crippen LogP contribution in [-0.4, -0.2) is 15.8 Å². The fourth-order valence-electron chi connectivity index (χ4n) is 6.38. The van der Waals surface area contributed by atoms with Gasteiger partial charge in [0.1, 0.15) is 17.5 Å². The second kappa shape index (κ2) is 8.17. The minimum absolute atomic E-state index is 0.0301. The van der Waals surface area contributed by atoms with Gasteiger partial charge in [-0.15, -0.1) is 11.8 Å². The molecule has 7 rings (SSSR count). The summed E-state index contributed by atoms with van der Waals surface area (Å²) in [5, 5.41) is 3.79. The Hall–Kier alpha value is -3.19. The Labute approximate surface area is 212 Å². The van der Waals surface area contributed by atoms with E-state index in [1.54, 1.807) is 23.4 Å². The second-order valence-corrected chi connectivity index (χ2v) is 11.2. The third-order valence-corrected chi connectivity index (χ3v) is 8.88. The molecule has 4 nitrogen and oxygen atoms in total. The van der Waals surface area contributed by atoms with Crippen LogP contribution >= 0.6 is 11.8 Å². The molecule has 4 aromatic rings. The van der Waals surface area contributed by atoms with Crippen molar-refractivity contribution in [1.29, 1.82) is 0 Å². The highest BCUT2D eigenvalue weighted by Crippen LogP contribution is 2.73. The number of para-hydroxylation sites is 1. The van der Waals surface area contributed by atoms with Gasteiger partial charge in [0.15, 0.2) is 0 Å². The van der Waals surface area contributed by atoms with Crippen molar-refractivity contribution in [2.75, 3.05) is 11.6 Å². The predicted molar refractivity (Wildman–Crippen MR) is 141 cm³/mol. The molecule has 0 saturated heterocycles. The summed E-state index contributed by atoms with van der Waals surface area (Å²) < 4.78 is 29.7. The van der Waals surface area contributed by atoms with Crippen LogP contribution in [0.3, 0.4) is 0 Å². The quantitative estimate of drug-likeness (QED) is 0.306. The largest absolute Gasteiger partial charge is 0.378 e. The molecule has 184 valence electrons. The van der Waals surface area contributed by atoms with E-state index in [2.05, 4.69) is 5.32 Å². The molecule has 36 heavy (non-hydrogen) atoms. The van der Waals surface area contributed by atoms with Gasteiger partial charge in [-0.3, -0.25) is 9.36 Å². The molecule has 3 fully saturated rings. The Kier molecular flexibility index (Phi) is 5.27. The van der Waals surface area contributed by atoms with Crippen LogP contribution in [0.4, 0.5) is 14.5 Å². The fraction of sp³-hybridized carbons (Fsp3) is 0.310. The number of nitrogens with zero attached hydrogens (tertiary/aromatic N) is 2. The molecular weight excluding hydrogens is 476 g/mol. The van der Waals surface area contributed by atoms with E-state index in [-0.39, 0.29) is 28.2 Å². The molecule has 1 aromatic heterocycles. The predicted octanol–water partition coefficient (Wildman–Crippen LogP) is 6.48. The first-order chi connectivity index (χ1) is 17.2. The smallest absolute Gasteiger partial charge is 0.261 e. The number of rotatable bonds is 6. The first kappa shape index (κ1) is 23.2. The molecule has 1 N–H and O–H groups in total. The van der Waals surface area contributed by atoms with E-state index in [4.69, 9.17) is 4.98 Å². The van der Waals surface area contributed by atoms with Gasteiger partial charge in [-0.25, -0.2) is 13.8 Å². The minimum atomic E-state index is -0.447. The van der Waals surface area contributed by atoms with Crippen LogP contribution in [0.15, 0.2) is 70.4 Å². The molecule has 1 unspecified atom stereocenters. The lowest BCUT2D eigenvalue weighted by atomic mass is 9.33. The lowest BCUT2D eigenvalue weighted by Crippen LogP contribution is -2.68. The van der Waals surface area contributed by atoms with Crippen molar-refractivity contribution in [2.24, 2.45) is 7.05 Å². The highest BCUT2D eigenvalue weighted by molar-refractivity contribution is 7.98. The fourth-order valence-corrected chi connectivity index (χ4v) is 6.94. The molecule has 0 aliphatic heterocycles. The van der Waals surface area contributed by atoms with Gasteiger partial charge in [-0.2, -0.15) is 0 Å². The zero-order valence-electron chi connectivity index (χ0n) is 20.4. The van der Waals surface area contributed by atoms with Gasteiger partial charge in [0.2, 0.25) is 0 Å². The van der Waals surface area contributed by atoms with E-state index < -0.39 is 5.82 Å². The minimum Gasteiger partial charge on any atom is -0.378 e. The van der Waals surface area contributed by atoms with Crippen molar-refractivity contribution in [1.82, 2.24) is 9.55 Å². The van der Waals surface area contributed by atoms with Crippen LogP contribution in [0.2, 0.25) is 0 Å². The normalized spacial score (nSPS) is 23.1. The molecule has 2 bridgehead atoms. The van der Waals surface area contributed by atoms with E-state index >= 15 is 0 Å². The first-order valence-corrected chi connectivity index (χ1v) is 13.3. The van der Waals surface area contributed by atoms with E-state index in [9.17, 15) is 13.6 Å². The second-order valence-electron chi connectivity index (χ2n) is 10.4. The van der Waals surface area contributed by atoms with Crippen molar-refractivity contribution in [2.45, 2.75) is 48.0 Å². The third kappa shape index (κ3) is 3.39. The molecular formula is C29H27F2N3OS. The van der Waals surface area contributed by atoms with Crippen LogP contribution in [0.1, 0.15) is 49.2 Å². The Bertz CT molecular complexity index is 1540. The lowest BCUT2D eigenvalue weighted by molar-refractivity contribution is -0.0777. The number of aromatic nitrogens is 2. The van der Waals surface area contributed by atoms with Gasteiger partial charge in [-0.05, 0) is 79.8 Å². The molecule has 3 saturated carbocycles. The summed E-state index contributed by atoms with van der Waals surface area (Å²) in [6, 6.07) is 17.3. The Morgan fingerprint density at radius 2 is 1.69 bits per heavy atom. The average molecular weight is 504 g/mol. The number of hydrogen-bond acceptors (Lipinski definition) is 4. The monoisotopic (exact) mass is 503 g/mol. The van der Waals surface area contributed by atoms with E-state index in [1.807, 2.05) is 49.6 Å². The molecule has 0 radical (unpaired) electrons. The van der Waals surface area contributed by atoms with Crippen LogP contribution in [0.25, 0.3) is 10.9 Å². The standard InChI is InChI=1S/C29H27F2N3OS/c1-17(32-23-6-4-5-7-24(23)36-3)21-12-20(31)13-22-25(21)33-27(34(2)26(22)35)29-14-28(15-29,16-29)18-8-10-19(30)11-9-18/h4-13,17,32H,14-16H2,1-3H3. The summed E-state index contributed by atoms with van der Waals surface area (Å²) in [5.41, 5.74) is 2.95. The number of fused-ring (bicyclic) bond motifs is 1. The van der Waals surface area contributed by atoms with Gasteiger partial charge < -0.3 is 5.32 Å². The number of nitrogens with one attached hydrogen (secondary N) is 1. The zero-order chi connectivity index (χ0) is 25.2. The number of thioether (sulfide) groups is 1. The maximum Gasteiger partial charge on any atom is 0.261 e. The number of hydrogen-bond donors (Lipinski definition) is 1. The lowest BCUT2D eigenvalue weighted by Gasteiger charge is -2.70. The highest BCUT2D eigenvalue weighted by atomic mass is 32.2. The van der Waals surface area contributed by atoms with E-state index in [1.165, 1.54) is 24.3 Å². The van der Waals surface area contributed by atoms with Crippen LogP contribution in [-0.2, 0) is 17.9 Å². The van der Waals surface area contributed by atoms with Crippen LogP contribution in [0, 0.1) is 11.6 Å². The summed E-state index contributed by atoms with van der Waals surface area (Å²) in [4.78, 5) is 19.6. The summed E-state index contributed by atoms with van der Waals surface area (Å²) in [6.45, 7) is 1.97. The van der Waals surface area contributed by atoms with Gasteiger partial charge >= 0.3 is 0 Å². The Morgan fingerprint density at radius 1 is 1.00 bits per heavy atom. The number of anilines is 1. The molecule has 1 atom stereocenters. The molecule has 0 spiro atoms. The van der Waals surface area contributed by atoms with Gasteiger partial charge in [-0.1, -0.05) is 24.3 Å². The summed E-state index contributed by atoms with van der Waals surface area (Å²) >= 11 is 1.64. The topological polar surface area (TPSA) is 46.9 Å². The first-order valence-electron chi connectivity index (χ1n) is 12.1. The maximum absolute atomic E-state index is 14.7. The van der Waals surface area contributed by atoms with Crippen LogP contribution < -0.4 is 10.9 Å². The SMILES string of the molecule is CSc1ccccc1NC(C)c1cc(F)cc2c(=O)n(C)c(C34CC(c5ccc(F)cc5)(C3)C4)nc12. The summed E-state index contributed by atoms with van der Waals surface area (Å²) in [6.07, 6.45) is 4.65. The van der Waals surface area contributed by atoms with Gasteiger partial charge in [0.05, 0.1) is 16.9 Å². The van der Waals surface area contributed by atoms with Crippen molar-refractivity contribution in [3.63, 3.8) is 0 Å². The highest BCUT2D eigenvalue weighted by Gasteiger charge is 2.70. The number of benzene rings is 3. The van der Waals surface area contributed by atoms with Crippen molar-refractivity contribution in [3.8, 4) is 0 Å². The summed E-state index contributed by atoms with van der Waals surface area (Å²) in [5.74, 6) is 0.0755. The Morgan fingerprint density at radius 3 is 2.39 bits per heavy atom. The molecule has 3 aliphatic carbocycles. The zero-order valence-corrected chi connectivity index (χ0v) is 21.3. The van der Waals surface area contributed by atoms with Gasteiger partial charge in [0.25, 0.3) is 5.56 Å². The molecule has 3 aliphatic rings. The average Bonchev–Trinajstić information content (AvgIpc) is 2.82. The van der Waals surface area contributed by atoms with Crippen molar-refractivity contribution < 1.29 is 8.78 Å². The molecule has 1 heterocycles. The van der Waals surface area contributed by atoms with E-state index in [0.717, 1.165) is 41.2 Å². The van der Waals surface area contributed by atoms with Crippen molar-refractivity contribution >= 4 is 28.4 Å². The van der Waals surface area contributed by atoms with Crippen LogP contribution in [0.5, 0.6) is 0 Å². The Balaban J connectivity index is 1.39. The summed E-state index contributed by atoms with van der Waals surface area (Å²) in [7, 11) is 1.73. The molecule has 3 aromatic carbocycles. The molecule has 0 amide bonds. The number of halogens is 2. The molecule has 7 heteroatoms. The third-order valence-electron chi connectivity index (χ3n) is 8.08. The van der Waals surface area contributed by atoms with Crippen molar-refractivity contribution in [3.05, 3.63) is 99.6 Å².